The standard InChI is InChI=1S/C12H24BN3O2/c1-11(2,3)15-10(17)12(13,18)16-6-4-9(8-14)5-7-16/h9,18H,4-8,14H2,1-3H3,(H,15,17). The van der Waals surface area contributed by atoms with Gasteiger partial charge in [0.15, 0.2) is 0 Å². The van der Waals surface area contributed by atoms with E-state index in [1.165, 1.54) is 0 Å². The first-order valence-electron chi connectivity index (χ1n) is 6.46. The van der Waals surface area contributed by atoms with Crippen molar-refractivity contribution in [3.8, 4) is 0 Å². The van der Waals surface area contributed by atoms with Crippen LogP contribution in [0.1, 0.15) is 33.6 Å². The molecule has 1 unspecified atom stereocenters. The van der Waals surface area contributed by atoms with Crippen LogP contribution in [-0.4, -0.2) is 54.6 Å². The molecule has 5 nitrogen and oxygen atoms in total. The van der Waals surface area contributed by atoms with Crippen LogP contribution in [0.5, 0.6) is 0 Å². The summed E-state index contributed by atoms with van der Waals surface area (Å²) in [5, 5.41) is 12.9. The first-order chi connectivity index (χ1) is 8.16. The summed E-state index contributed by atoms with van der Waals surface area (Å²) in [6, 6.07) is 0. The number of nitrogens with two attached hydrogens (primary N) is 1. The number of hydrogen-bond acceptors (Lipinski definition) is 4. The van der Waals surface area contributed by atoms with Gasteiger partial charge in [-0.25, -0.2) is 0 Å². The van der Waals surface area contributed by atoms with E-state index in [4.69, 9.17) is 13.6 Å². The van der Waals surface area contributed by atoms with Crippen LogP contribution < -0.4 is 11.1 Å². The number of rotatable bonds is 3. The van der Waals surface area contributed by atoms with E-state index >= 15 is 0 Å². The Morgan fingerprint density at radius 3 is 2.33 bits per heavy atom. The molecule has 1 amide bonds. The first-order valence-corrected chi connectivity index (χ1v) is 6.46. The van der Waals surface area contributed by atoms with Crippen LogP contribution in [0.15, 0.2) is 0 Å². The first kappa shape index (κ1) is 15.5. The number of carbonyl (C=O) groups is 1. The molecule has 0 spiro atoms. The topological polar surface area (TPSA) is 78.6 Å². The van der Waals surface area contributed by atoms with E-state index in [-0.39, 0.29) is 0 Å². The van der Waals surface area contributed by atoms with Crippen LogP contribution in [0.4, 0.5) is 0 Å². The maximum Gasteiger partial charge on any atom is 0.257 e. The zero-order chi connectivity index (χ0) is 14.0. The predicted octanol–water partition coefficient (Wildman–Crippen LogP) is -0.614. The lowest BCUT2D eigenvalue weighted by Crippen LogP contribution is -2.63. The Morgan fingerprint density at radius 2 is 1.94 bits per heavy atom. The Hall–Kier alpha value is -0.585. The van der Waals surface area contributed by atoms with Crippen LogP contribution in [-0.2, 0) is 4.79 Å². The van der Waals surface area contributed by atoms with Crippen LogP contribution in [0.3, 0.4) is 0 Å². The smallest absolute Gasteiger partial charge is 0.257 e. The molecule has 102 valence electrons. The van der Waals surface area contributed by atoms with Gasteiger partial charge in [-0.15, -0.1) is 0 Å². The van der Waals surface area contributed by atoms with Crippen molar-refractivity contribution in [3.63, 3.8) is 0 Å². The molecule has 0 aromatic heterocycles. The van der Waals surface area contributed by atoms with Crippen molar-refractivity contribution in [2.24, 2.45) is 11.7 Å². The van der Waals surface area contributed by atoms with E-state index in [9.17, 15) is 9.90 Å². The van der Waals surface area contributed by atoms with Crippen LogP contribution in [0, 0.1) is 5.92 Å². The number of piperidine rings is 1. The van der Waals surface area contributed by atoms with Crippen molar-refractivity contribution >= 4 is 13.8 Å². The zero-order valence-electron chi connectivity index (χ0n) is 11.6. The SMILES string of the molecule is [B]C(O)(C(=O)NC(C)(C)C)N1CCC(CN)CC1. The molecule has 1 aliphatic heterocycles. The van der Waals surface area contributed by atoms with Crippen LogP contribution in [0.25, 0.3) is 0 Å². The molecule has 0 aromatic carbocycles. The fourth-order valence-electron chi connectivity index (χ4n) is 2.09. The van der Waals surface area contributed by atoms with Gasteiger partial charge >= 0.3 is 0 Å². The van der Waals surface area contributed by atoms with Gasteiger partial charge in [0.2, 0.25) is 0 Å². The number of nitrogens with zero attached hydrogens (tertiary/aromatic N) is 1. The highest BCUT2D eigenvalue weighted by molar-refractivity contribution is 6.26. The fraction of sp³-hybridized carbons (Fsp3) is 0.917. The number of carbonyl (C=O) groups excluding carboxylic acids is 1. The number of aliphatic hydroxyl groups is 1. The van der Waals surface area contributed by atoms with Gasteiger partial charge in [-0.2, -0.15) is 0 Å². The van der Waals surface area contributed by atoms with Gasteiger partial charge in [-0.1, -0.05) is 0 Å². The summed E-state index contributed by atoms with van der Waals surface area (Å²) >= 11 is 0. The minimum absolute atomic E-state index is 0.417. The molecular formula is C12H24BN3O2. The van der Waals surface area contributed by atoms with E-state index in [0.717, 1.165) is 12.8 Å². The quantitative estimate of drug-likeness (QED) is 0.586. The molecule has 1 aliphatic rings. The molecule has 4 N–H and O–H groups in total. The monoisotopic (exact) mass is 253 g/mol. The van der Waals surface area contributed by atoms with Gasteiger partial charge in [0, 0.05) is 18.6 Å². The van der Waals surface area contributed by atoms with E-state index in [0.29, 0.717) is 25.6 Å². The average molecular weight is 253 g/mol. The maximum atomic E-state index is 12.0. The third-order valence-corrected chi connectivity index (χ3v) is 3.25. The Balaban J connectivity index is 2.61. The highest BCUT2D eigenvalue weighted by Gasteiger charge is 2.39. The molecule has 0 aliphatic carbocycles. The zero-order valence-corrected chi connectivity index (χ0v) is 11.6. The lowest BCUT2D eigenvalue weighted by atomic mass is 9.84. The molecule has 0 saturated carbocycles. The van der Waals surface area contributed by atoms with Crippen molar-refractivity contribution in [2.45, 2.75) is 44.8 Å². The largest absolute Gasteiger partial charge is 0.376 e. The van der Waals surface area contributed by atoms with Crippen molar-refractivity contribution in [3.05, 3.63) is 0 Å². The molecule has 18 heavy (non-hydrogen) atoms. The molecular weight excluding hydrogens is 229 g/mol. The number of nitrogens with one attached hydrogen (secondary N) is 1. The van der Waals surface area contributed by atoms with Gasteiger partial charge < -0.3 is 16.2 Å². The Bertz CT molecular complexity index is 294. The Kier molecular flexibility index (Phi) is 4.81. The number of amides is 1. The Morgan fingerprint density at radius 1 is 1.44 bits per heavy atom. The third-order valence-electron chi connectivity index (χ3n) is 3.25. The van der Waals surface area contributed by atoms with E-state index in [1.54, 1.807) is 4.90 Å². The minimum Gasteiger partial charge on any atom is -0.376 e. The average Bonchev–Trinajstić information content (AvgIpc) is 2.27. The van der Waals surface area contributed by atoms with Crippen molar-refractivity contribution < 1.29 is 9.90 Å². The second-order valence-electron chi connectivity index (χ2n) is 6.10. The molecule has 6 heteroatoms. The predicted molar refractivity (Wildman–Crippen MR) is 72.0 cm³/mol. The molecule has 1 heterocycles. The lowest BCUT2D eigenvalue weighted by Gasteiger charge is -2.42. The minimum atomic E-state index is -1.94. The summed E-state index contributed by atoms with van der Waals surface area (Å²) < 4.78 is 0. The third kappa shape index (κ3) is 3.97. The van der Waals surface area contributed by atoms with E-state index in [2.05, 4.69) is 5.32 Å². The second kappa shape index (κ2) is 5.59. The maximum absolute atomic E-state index is 12.0. The summed E-state index contributed by atoms with van der Waals surface area (Å²) in [4.78, 5) is 13.6. The second-order valence-corrected chi connectivity index (χ2v) is 6.10. The van der Waals surface area contributed by atoms with Crippen molar-refractivity contribution in [2.75, 3.05) is 19.6 Å². The van der Waals surface area contributed by atoms with Gasteiger partial charge in [-0.3, -0.25) is 9.69 Å². The normalized spacial score (nSPS) is 22.5. The molecule has 1 rings (SSSR count). The summed E-state index contributed by atoms with van der Waals surface area (Å²) in [6.45, 7) is 7.37. The summed E-state index contributed by atoms with van der Waals surface area (Å²) in [6.07, 6.45) is 1.72. The van der Waals surface area contributed by atoms with E-state index in [1.807, 2.05) is 20.8 Å². The molecule has 1 saturated heterocycles. The highest BCUT2D eigenvalue weighted by atomic mass is 16.3. The van der Waals surface area contributed by atoms with Crippen molar-refractivity contribution in [1.29, 1.82) is 0 Å². The van der Waals surface area contributed by atoms with Gasteiger partial charge in [0.25, 0.3) is 5.91 Å². The van der Waals surface area contributed by atoms with Gasteiger partial charge in [0.1, 0.15) is 13.5 Å². The fourth-order valence-corrected chi connectivity index (χ4v) is 2.09. The van der Waals surface area contributed by atoms with Gasteiger partial charge in [0.05, 0.1) is 0 Å². The highest BCUT2D eigenvalue weighted by Crippen LogP contribution is 2.21. The number of hydrogen-bond donors (Lipinski definition) is 3. The summed E-state index contributed by atoms with van der Waals surface area (Å²) in [5.41, 5.74) is 3.25. The van der Waals surface area contributed by atoms with Crippen molar-refractivity contribution in [1.82, 2.24) is 10.2 Å². The molecule has 0 aromatic rings. The molecule has 1 fully saturated rings. The lowest BCUT2D eigenvalue weighted by molar-refractivity contribution is -0.150. The number of likely N-dealkylation sites (tertiary alicyclic amines) is 1. The Labute approximate surface area is 111 Å². The summed E-state index contributed by atoms with van der Waals surface area (Å²) in [7, 11) is 5.77. The molecule has 0 bridgehead atoms. The molecule has 1 atom stereocenters. The van der Waals surface area contributed by atoms with Gasteiger partial charge in [-0.05, 0) is 46.1 Å². The molecule has 2 radical (unpaired) electrons. The summed E-state index contributed by atoms with van der Waals surface area (Å²) in [5.74, 6) is -0.0936. The van der Waals surface area contributed by atoms with Crippen LogP contribution >= 0.6 is 0 Å². The van der Waals surface area contributed by atoms with E-state index < -0.39 is 17.1 Å². The van der Waals surface area contributed by atoms with Crippen LogP contribution in [0.2, 0.25) is 0 Å².